The number of alkyl halides is 1. The molecule has 0 N–H and O–H groups in total. The zero-order valence-electron chi connectivity index (χ0n) is 12.3. The normalized spacial score (nSPS) is 13.0. The number of rotatable bonds is 5. The first-order valence-corrected chi connectivity index (χ1v) is 7.91. The molecule has 0 amide bonds. The second-order valence-corrected chi connectivity index (χ2v) is 6.60. The molecule has 0 spiro atoms. The highest BCUT2D eigenvalue weighted by molar-refractivity contribution is 9.09. The molecule has 0 fully saturated rings. The Bertz CT molecular complexity index is 531. The van der Waals surface area contributed by atoms with Crippen molar-refractivity contribution >= 4 is 15.9 Å². The molecule has 0 saturated carbocycles. The van der Waals surface area contributed by atoms with E-state index in [9.17, 15) is 0 Å². The topological polar surface area (TPSA) is 9.23 Å². The quantitative estimate of drug-likeness (QED) is 0.579. The maximum atomic E-state index is 5.81. The van der Waals surface area contributed by atoms with Gasteiger partial charge in [-0.3, -0.25) is 0 Å². The Morgan fingerprint density at radius 1 is 0.950 bits per heavy atom. The molecular weight excluding hydrogens is 312 g/mol. The molecule has 2 heteroatoms. The van der Waals surface area contributed by atoms with E-state index in [0.717, 1.165) is 17.9 Å². The maximum Gasteiger partial charge on any atom is 0.127 e. The van der Waals surface area contributed by atoms with E-state index in [2.05, 4.69) is 48.8 Å². The molecule has 0 aliphatic carbocycles. The molecule has 0 aliphatic heterocycles. The average molecular weight is 333 g/mol. The standard InChI is InChI=1S/C18H21BrO/c1-4-18(2,3)17(19)14-10-12-16(13-11-14)20-15-8-6-5-7-9-15/h5-13,17H,4H2,1-3H3. The fraction of sp³-hybridized carbons (Fsp3) is 0.333. The van der Waals surface area contributed by atoms with Crippen molar-refractivity contribution in [1.82, 2.24) is 0 Å². The SMILES string of the molecule is CCC(C)(C)C(Br)c1ccc(Oc2ccccc2)cc1. The van der Waals surface area contributed by atoms with Gasteiger partial charge in [-0.25, -0.2) is 0 Å². The van der Waals surface area contributed by atoms with Crippen LogP contribution in [0.25, 0.3) is 0 Å². The second kappa shape index (κ2) is 6.45. The summed E-state index contributed by atoms with van der Waals surface area (Å²) < 4.78 is 5.81. The van der Waals surface area contributed by atoms with Gasteiger partial charge in [0, 0.05) is 4.83 Å². The Balaban J connectivity index is 2.11. The van der Waals surface area contributed by atoms with Crippen molar-refractivity contribution in [3.63, 3.8) is 0 Å². The van der Waals surface area contributed by atoms with Crippen LogP contribution in [0.2, 0.25) is 0 Å². The predicted octanol–water partition coefficient (Wildman–Crippen LogP) is 6.35. The Morgan fingerprint density at radius 3 is 2.05 bits per heavy atom. The van der Waals surface area contributed by atoms with Crippen LogP contribution in [0.15, 0.2) is 54.6 Å². The average Bonchev–Trinajstić information content (AvgIpc) is 2.48. The molecule has 1 atom stereocenters. The molecule has 2 aromatic rings. The van der Waals surface area contributed by atoms with Crippen LogP contribution >= 0.6 is 15.9 Å². The molecule has 0 saturated heterocycles. The Hall–Kier alpha value is -1.28. The van der Waals surface area contributed by atoms with Crippen LogP contribution in [0, 0.1) is 5.41 Å². The summed E-state index contributed by atoms with van der Waals surface area (Å²) in [5.41, 5.74) is 1.53. The summed E-state index contributed by atoms with van der Waals surface area (Å²) in [6.07, 6.45) is 1.13. The lowest BCUT2D eigenvalue weighted by atomic mass is 9.83. The van der Waals surface area contributed by atoms with Crippen molar-refractivity contribution < 1.29 is 4.74 Å². The number of hydrogen-bond acceptors (Lipinski definition) is 1. The van der Waals surface area contributed by atoms with Gasteiger partial charge in [-0.15, -0.1) is 0 Å². The van der Waals surface area contributed by atoms with Crippen molar-refractivity contribution in [2.45, 2.75) is 32.0 Å². The second-order valence-electron chi connectivity index (χ2n) is 5.69. The number of hydrogen-bond donors (Lipinski definition) is 0. The molecule has 1 unspecified atom stereocenters. The molecule has 0 bridgehead atoms. The highest BCUT2D eigenvalue weighted by Crippen LogP contribution is 2.43. The molecule has 2 rings (SSSR count). The van der Waals surface area contributed by atoms with Gasteiger partial charge in [-0.1, -0.05) is 67.0 Å². The summed E-state index contributed by atoms with van der Waals surface area (Å²) in [5, 5.41) is 0. The lowest BCUT2D eigenvalue weighted by Crippen LogP contribution is -2.16. The van der Waals surface area contributed by atoms with E-state index in [4.69, 9.17) is 4.74 Å². The van der Waals surface area contributed by atoms with Gasteiger partial charge in [0.2, 0.25) is 0 Å². The summed E-state index contributed by atoms with van der Waals surface area (Å²) in [4.78, 5) is 0.353. The molecule has 20 heavy (non-hydrogen) atoms. The fourth-order valence-electron chi connectivity index (χ4n) is 1.96. The van der Waals surface area contributed by atoms with Gasteiger partial charge in [-0.2, -0.15) is 0 Å². The van der Waals surface area contributed by atoms with Crippen molar-refractivity contribution in [3.8, 4) is 11.5 Å². The van der Waals surface area contributed by atoms with E-state index in [1.54, 1.807) is 0 Å². The number of halogens is 1. The molecule has 106 valence electrons. The first-order chi connectivity index (χ1) is 9.53. The molecule has 1 nitrogen and oxygen atoms in total. The Labute approximate surface area is 130 Å². The highest BCUT2D eigenvalue weighted by Gasteiger charge is 2.26. The minimum atomic E-state index is 0.238. The highest BCUT2D eigenvalue weighted by atomic mass is 79.9. The van der Waals surface area contributed by atoms with Crippen molar-refractivity contribution in [3.05, 3.63) is 60.2 Å². The molecule has 0 radical (unpaired) electrons. The van der Waals surface area contributed by atoms with E-state index in [-0.39, 0.29) is 5.41 Å². The molecular formula is C18H21BrO. The monoisotopic (exact) mass is 332 g/mol. The minimum Gasteiger partial charge on any atom is -0.457 e. The van der Waals surface area contributed by atoms with Crippen LogP contribution in [0.3, 0.4) is 0 Å². The maximum absolute atomic E-state index is 5.81. The van der Waals surface area contributed by atoms with Crippen LogP contribution in [0.4, 0.5) is 0 Å². The van der Waals surface area contributed by atoms with Crippen LogP contribution < -0.4 is 4.74 Å². The summed E-state index contributed by atoms with van der Waals surface area (Å²) in [7, 11) is 0. The van der Waals surface area contributed by atoms with Crippen molar-refractivity contribution in [2.75, 3.05) is 0 Å². The third kappa shape index (κ3) is 3.63. The summed E-state index contributed by atoms with van der Waals surface area (Å²) >= 11 is 3.82. The summed E-state index contributed by atoms with van der Waals surface area (Å²) in [6.45, 7) is 6.78. The van der Waals surface area contributed by atoms with Gasteiger partial charge in [0.1, 0.15) is 11.5 Å². The van der Waals surface area contributed by atoms with Crippen molar-refractivity contribution in [2.24, 2.45) is 5.41 Å². The molecule has 2 aromatic carbocycles. The zero-order valence-corrected chi connectivity index (χ0v) is 13.9. The smallest absolute Gasteiger partial charge is 0.127 e. The first-order valence-electron chi connectivity index (χ1n) is 7.00. The summed E-state index contributed by atoms with van der Waals surface area (Å²) in [6, 6.07) is 18.2. The van der Waals surface area contributed by atoms with Gasteiger partial charge in [-0.05, 0) is 41.7 Å². The Kier molecular flexibility index (Phi) is 4.87. The van der Waals surface area contributed by atoms with E-state index in [1.807, 2.05) is 42.5 Å². The lowest BCUT2D eigenvalue weighted by Gasteiger charge is -2.29. The van der Waals surface area contributed by atoms with Crippen LogP contribution in [0.5, 0.6) is 11.5 Å². The zero-order chi connectivity index (χ0) is 14.6. The van der Waals surface area contributed by atoms with Crippen LogP contribution in [-0.2, 0) is 0 Å². The van der Waals surface area contributed by atoms with Crippen molar-refractivity contribution in [1.29, 1.82) is 0 Å². The van der Waals surface area contributed by atoms with E-state index < -0.39 is 0 Å². The minimum absolute atomic E-state index is 0.238. The lowest BCUT2D eigenvalue weighted by molar-refractivity contribution is 0.346. The number of para-hydroxylation sites is 1. The van der Waals surface area contributed by atoms with E-state index in [1.165, 1.54) is 5.56 Å². The third-order valence-electron chi connectivity index (χ3n) is 3.75. The molecule has 0 heterocycles. The molecule has 0 aromatic heterocycles. The number of ether oxygens (including phenoxy) is 1. The van der Waals surface area contributed by atoms with Gasteiger partial charge in [0.25, 0.3) is 0 Å². The predicted molar refractivity (Wildman–Crippen MR) is 88.7 cm³/mol. The fourth-order valence-corrected chi connectivity index (χ4v) is 2.59. The van der Waals surface area contributed by atoms with Gasteiger partial charge < -0.3 is 4.74 Å². The first kappa shape index (κ1) is 15.1. The number of benzene rings is 2. The van der Waals surface area contributed by atoms with Gasteiger partial charge in [0.05, 0.1) is 0 Å². The van der Waals surface area contributed by atoms with Crippen LogP contribution in [0.1, 0.15) is 37.6 Å². The molecule has 0 aliphatic rings. The van der Waals surface area contributed by atoms with E-state index >= 15 is 0 Å². The summed E-state index contributed by atoms with van der Waals surface area (Å²) in [5.74, 6) is 1.73. The van der Waals surface area contributed by atoms with Gasteiger partial charge >= 0.3 is 0 Å². The third-order valence-corrected chi connectivity index (χ3v) is 5.52. The van der Waals surface area contributed by atoms with E-state index in [0.29, 0.717) is 4.83 Å². The van der Waals surface area contributed by atoms with Gasteiger partial charge in [0.15, 0.2) is 0 Å². The Morgan fingerprint density at radius 2 is 1.50 bits per heavy atom. The largest absolute Gasteiger partial charge is 0.457 e. The van der Waals surface area contributed by atoms with Crippen LogP contribution in [-0.4, -0.2) is 0 Å².